The lowest BCUT2D eigenvalue weighted by Crippen LogP contribution is -2.30. The van der Waals surface area contributed by atoms with Gasteiger partial charge >= 0.3 is 5.97 Å². The van der Waals surface area contributed by atoms with Gasteiger partial charge in [0.15, 0.2) is 0 Å². The van der Waals surface area contributed by atoms with Crippen molar-refractivity contribution in [1.82, 2.24) is 5.32 Å². The second kappa shape index (κ2) is 6.86. The minimum absolute atomic E-state index is 0.0309. The normalized spacial score (nSPS) is 9.89. The highest BCUT2D eigenvalue weighted by Gasteiger charge is 2.12. The first kappa shape index (κ1) is 14.3. The van der Waals surface area contributed by atoms with E-state index in [2.05, 4.69) is 5.32 Å². The zero-order valence-corrected chi connectivity index (χ0v) is 10.7. The highest BCUT2D eigenvalue weighted by Crippen LogP contribution is 2.28. The summed E-state index contributed by atoms with van der Waals surface area (Å²) in [6.45, 7) is 1.86. The summed E-state index contributed by atoms with van der Waals surface area (Å²) < 4.78 is 5.37. The van der Waals surface area contributed by atoms with Crippen LogP contribution in [0.2, 0.25) is 5.02 Å². The number of hydrogen-bond acceptors (Lipinski definition) is 3. The molecular formula is C12H14ClNO4. The van der Waals surface area contributed by atoms with Crippen LogP contribution in [0.5, 0.6) is 5.75 Å². The second-order valence-electron chi connectivity index (χ2n) is 3.51. The van der Waals surface area contributed by atoms with Gasteiger partial charge in [-0.2, -0.15) is 0 Å². The summed E-state index contributed by atoms with van der Waals surface area (Å²) in [6, 6.07) is 5.10. The van der Waals surface area contributed by atoms with Crippen molar-refractivity contribution in [2.45, 2.75) is 13.3 Å². The van der Waals surface area contributed by atoms with Crippen molar-refractivity contribution in [2.24, 2.45) is 0 Å². The number of hydrogen-bond donors (Lipinski definition) is 2. The van der Waals surface area contributed by atoms with Crippen LogP contribution in [-0.2, 0) is 16.0 Å². The second-order valence-corrected chi connectivity index (χ2v) is 3.92. The number of benzene rings is 1. The third-order valence-corrected chi connectivity index (χ3v) is 2.42. The number of carbonyl (C=O) groups excluding carboxylic acids is 1. The number of carbonyl (C=O) groups is 2. The van der Waals surface area contributed by atoms with Crippen LogP contribution < -0.4 is 10.1 Å². The van der Waals surface area contributed by atoms with Crippen molar-refractivity contribution in [3.05, 3.63) is 28.8 Å². The summed E-state index contributed by atoms with van der Waals surface area (Å²) in [5.74, 6) is -1.01. The van der Waals surface area contributed by atoms with E-state index in [-0.39, 0.29) is 12.3 Å². The Kier molecular flexibility index (Phi) is 5.45. The maximum Gasteiger partial charge on any atom is 0.322 e. The molecular weight excluding hydrogens is 258 g/mol. The number of ether oxygens (including phenoxy) is 1. The largest absolute Gasteiger partial charge is 0.492 e. The Bertz CT molecular complexity index is 448. The van der Waals surface area contributed by atoms with E-state index in [9.17, 15) is 9.59 Å². The number of para-hydroxylation sites is 1. The smallest absolute Gasteiger partial charge is 0.322 e. The van der Waals surface area contributed by atoms with Gasteiger partial charge in [-0.1, -0.05) is 23.7 Å². The van der Waals surface area contributed by atoms with Crippen LogP contribution in [0.3, 0.4) is 0 Å². The van der Waals surface area contributed by atoms with E-state index < -0.39 is 12.5 Å². The molecule has 0 heterocycles. The Balaban J connectivity index is 2.74. The van der Waals surface area contributed by atoms with Crippen molar-refractivity contribution in [3.8, 4) is 5.75 Å². The van der Waals surface area contributed by atoms with E-state index in [1.54, 1.807) is 18.2 Å². The summed E-state index contributed by atoms with van der Waals surface area (Å²) in [6.07, 6.45) is 0.0309. The van der Waals surface area contributed by atoms with Crippen LogP contribution in [-0.4, -0.2) is 30.1 Å². The van der Waals surface area contributed by atoms with Gasteiger partial charge in [0.25, 0.3) is 0 Å². The quantitative estimate of drug-likeness (QED) is 0.822. The van der Waals surface area contributed by atoms with Gasteiger partial charge in [0, 0.05) is 5.56 Å². The first-order valence-electron chi connectivity index (χ1n) is 5.43. The van der Waals surface area contributed by atoms with Gasteiger partial charge in [-0.05, 0) is 13.0 Å². The summed E-state index contributed by atoms with van der Waals surface area (Å²) in [4.78, 5) is 21.8. The number of rotatable bonds is 6. The topological polar surface area (TPSA) is 75.6 Å². The van der Waals surface area contributed by atoms with Gasteiger partial charge < -0.3 is 15.2 Å². The average Bonchev–Trinajstić information content (AvgIpc) is 2.31. The van der Waals surface area contributed by atoms with E-state index in [0.717, 1.165) is 0 Å². The Morgan fingerprint density at radius 3 is 2.78 bits per heavy atom. The molecule has 6 heteroatoms. The molecule has 0 aromatic heterocycles. The van der Waals surface area contributed by atoms with Crippen molar-refractivity contribution >= 4 is 23.5 Å². The molecule has 1 rings (SSSR count). The molecule has 2 N–H and O–H groups in total. The minimum Gasteiger partial charge on any atom is -0.492 e. The Labute approximate surface area is 110 Å². The Morgan fingerprint density at radius 1 is 1.44 bits per heavy atom. The van der Waals surface area contributed by atoms with E-state index in [0.29, 0.717) is 22.9 Å². The SMILES string of the molecule is CCOc1c(Cl)cccc1CC(=O)NCC(=O)O. The van der Waals surface area contributed by atoms with Crippen molar-refractivity contribution < 1.29 is 19.4 Å². The standard InChI is InChI=1S/C12H14ClNO4/c1-2-18-12-8(4-3-5-9(12)13)6-10(15)14-7-11(16)17/h3-5H,2,6-7H2,1H3,(H,14,15)(H,16,17). The van der Waals surface area contributed by atoms with Crippen LogP contribution >= 0.6 is 11.6 Å². The average molecular weight is 272 g/mol. The maximum absolute atomic E-state index is 11.5. The molecule has 0 aliphatic rings. The monoisotopic (exact) mass is 271 g/mol. The third kappa shape index (κ3) is 4.25. The first-order valence-corrected chi connectivity index (χ1v) is 5.81. The Hall–Kier alpha value is -1.75. The van der Waals surface area contributed by atoms with Gasteiger partial charge in [-0.15, -0.1) is 0 Å². The zero-order valence-electron chi connectivity index (χ0n) is 9.90. The number of halogens is 1. The molecule has 0 bridgehead atoms. The lowest BCUT2D eigenvalue weighted by Gasteiger charge is -2.11. The van der Waals surface area contributed by atoms with Crippen LogP contribution in [0, 0.1) is 0 Å². The van der Waals surface area contributed by atoms with Crippen molar-refractivity contribution in [1.29, 1.82) is 0 Å². The zero-order chi connectivity index (χ0) is 13.5. The van der Waals surface area contributed by atoms with Crippen LogP contribution in [0.4, 0.5) is 0 Å². The Morgan fingerprint density at radius 2 is 2.17 bits per heavy atom. The van der Waals surface area contributed by atoms with Crippen molar-refractivity contribution in [3.63, 3.8) is 0 Å². The van der Waals surface area contributed by atoms with E-state index >= 15 is 0 Å². The van der Waals surface area contributed by atoms with Gasteiger partial charge in [-0.25, -0.2) is 0 Å². The molecule has 0 spiro atoms. The number of aliphatic carboxylic acids is 1. The predicted molar refractivity (Wildman–Crippen MR) is 67.0 cm³/mol. The maximum atomic E-state index is 11.5. The fourth-order valence-corrected chi connectivity index (χ4v) is 1.66. The highest BCUT2D eigenvalue weighted by atomic mass is 35.5. The minimum atomic E-state index is -1.08. The molecule has 1 aromatic carbocycles. The molecule has 0 radical (unpaired) electrons. The summed E-state index contributed by atoms with van der Waals surface area (Å²) in [5, 5.41) is 11.2. The fourth-order valence-electron chi connectivity index (χ4n) is 1.41. The molecule has 0 saturated heterocycles. The molecule has 0 atom stereocenters. The summed E-state index contributed by atoms with van der Waals surface area (Å²) in [5.41, 5.74) is 0.632. The van der Waals surface area contributed by atoms with Gasteiger partial charge in [0.1, 0.15) is 12.3 Å². The van der Waals surface area contributed by atoms with E-state index in [4.69, 9.17) is 21.4 Å². The molecule has 18 heavy (non-hydrogen) atoms. The molecule has 0 unspecified atom stereocenters. The molecule has 0 fully saturated rings. The summed E-state index contributed by atoms with van der Waals surface area (Å²) >= 11 is 5.97. The van der Waals surface area contributed by atoms with Crippen LogP contribution in [0.15, 0.2) is 18.2 Å². The number of carboxylic acids is 1. The number of amides is 1. The molecule has 98 valence electrons. The molecule has 0 saturated carbocycles. The van der Waals surface area contributed by atoms with E-state index in [1.165, 1.54) is 0 Å². The van der Waals surface area contributed by atoms with Gasteiger partial charge in [-0.3, -0.25) is 9.59 Å². The van der Waals surface area contributed by atoms with Gasteiger partial charge in [0.05, 0.1) is 18.1 Å². The van der Waals surface area contributed by atoms with Crippen LogP contribution in [0.25, 0.3) is 0 Å². The molecule has 0 aliphatic carbocycles. The summed E-state index contributed by atoms with van der Waals surface area (Å²) in [7, 11) is 0. The molecule has 5 nitrogen and oxygen atoms in total. The fraction of sp³-hybridized carbons (Fsp3) is 0.333. The van der Waals surface area contributed by atoms with E-state index in [1.807, 2.05) is 6.92 Å². The first-order chi connectivity index (χ1) is 8.54. The lowest BCUT2D eigenvalue weighted by atomic mass is 10.1. The molecule has 1 aromatic rings. The van der Waals surface area contributed by atoms with Gasteiger partial charge in [0.2, 0.25) is 5.91 Å². The predicted octanol–water partition coefficient (Wildman–Crippen LogP) is 1.48. The van der Waals surface area contributed by atoms with Crippen molar-refractivity contribution in [2.75, 3.05) is 13.2 Å². The highest BCUT2D eigenvalue weighted by molar-refractivity contribution is 6.32. The van der Waals surface area contributed by atoms with Crippen LogP contribution in [0.1, 0.15) is 12.5 Å². The third-order valence-electron chi connectivity index (χ3n) is 2.12. The molecule has 1 amide bonds. The number of carboxylic acid groups (broad SMARTS) is 1. The molecule has 0 aliphatic heterocycles. The lowest BCUT2D eigenvalue weighted by molar-refractivity contribution is -0.137. The number of nitrogens with one attached hydrogen (secondary N) is 1.